The molecule has 0 spiro atoms. The molecule has 0 saturated carbocycles. The predicted octanol–water partition coefficient (Wildman–Crippen LogP) is 5.92. The molecule has 0 bridgehead atoms. The maximum atomic E-state index is 12.5. The monoisotopic (exact) mass is 712 g/mol. The lowest BCUT2D eigenvalue weighted by Gasteiger charge is -2.35. The van der Waals surface area contributed by atoms with Gasteiger partial charge in [-0.1, -0.05) is 55.1 Å². The van der Waals surface area contributed by atoms with Crippen molar-refractivity contribution in [3.05, 3.63) is 131 Å². The van der Waals surface area contributed by atoms with E-state index < -0.39 is 0 Å². The van der Waals surface area contributed by atoms with E-state index >= 15 is 0 Å². The summed E-state index contributed by atoms with van der Waals surface area (Å²) in [4.78, 5) is 31.0. The Morgan fingerprint density at radius 3 is 2.15 bits per heavy atom. The van der Waals surface area contributed by atoms with Gasteiger partial charge in [-0.3, -0.25) is 24.7 Å². The van der Waals surface area contributed by atoms with Crippen molar-refractivity contribution in [3.8, 4) is 17.2 Å². The molecule has 9 nitrogen and oxygen atoms in total. The Labute approximate surface area is 311 Å². The molecule has 4 aromatic carbocycles. The molecule has 2 saturated heterocycles. The van der Waals surface area contributed by atoms with Crippen molar-refractivity contribution in [2.75, 3.05) is 52.5 Å². The first-order chi connectivity index (χ1) is 25.9. The smallest absolute Gasteiger partial charge is 0.249 e. The highest BCUT2D eigenvalue weighted by Crippen LogP contribution is 2.47. The minimum atomic E-state index is -0.370. The van der Waals surface area contributed by atoms with Crippen LogP contribution in [-0.2, 0) is 22.6 Å². The van der Waals surface area contributed by atoms with E-state index in [9.17, 15) is 14.7 Å². The van der Waals surface area contributed by atoms with Crippen LogP contribution in [0.4, 0.5) is 0 Å². The molecule has 8 rings (SSSR count). The van der Waals surface area contributed by atoms with Gasteiger partial charge in [0.05, 0.1) is 0 Å². The minimum Gasteiger partial charge on any atom is -0.508 e. The van der Waals surface area contributed by atoms with Crippen LogP contribution in [0.2, 0.25) is 0 Å². The number of fused-ring (bicyclic) bond motifs is 2. The summed E-state index contributed by atoms with van der Waals surface area (Å²) in [5.41, 5.74) is 8.12. The lowest BCUT2D eigenvalue weighted by molar-refractivity contribution is -0.136. The summed E-state index contributed by atoms with van der Waals surface area (Å²) in [5, 5.41) is 12.6. The molecule has 0 radical (unpaired) electrons. The van der Waals surface area contributed by atoms with Gasteiger partial charge < -0.3 is 19.5 Å². The zero-order chi connectivity index (χ0) is 36.3. The van der Waals surface area contributed by atoms with E-state index in [2.05, 4.69) is 88.4 Å². The number of aromatic hydroxyl groups is 1. The van der Waals surface area contributed by atoms with E-state index in [-0.39, 0.29) is 23.8 Å². The van der Waals surface area contributed by atoms with Crippen LogP contribution in [0.5, 0.6) is 17.2 Å². The van der Waals surface area contributed by atoms with Crippen molar-refractivity contribution in [2.24, 2.45) is 0 Å². The number of phenolic OH excluding ortho intramolecular Hbond substituents is 1. The van der Waals surface area contributed by atoms with E-state index in [4.69, 9.17) is 9.47 Å². The molecule has 1 aliphatic carbocycles. The third-order valence-electron chi connectivity index (χ3n) is 11.5. The molecule has 3 heterocycles. The Kier molecular flexibility index (Phi) is 10.2. The molecule has 4 aromatic rings. The van der Waals surface area contributed by atoms with Gasteiger partial charge in [0.2, 0.25) is 11.8 Å². The second-order valence-electron chi connectivity index (χ2n) is 14.7. The number of hydrogen-bond donors (Lipinski definition) is 2. The van der Waals surface area contributed by atoms with Crippen LogP contribution >= 0.6 is 0 Å². The highest BCUT2D eigenvalue weighted by atomic mass is 16.5. The molecule has 0 aromatic heterocycles. The standard InChI is InChI=1S/C44H48N4O5/c1-30-38-16-13-37(28-34(38)29-48(30)41-17-18-42(50)45-44(41)51)53-26-24-47-21-19-46(20-22-47)23-25-52-36-11-7-32(8-12-36)43-39(31-5-3-2-4-6-31)14-9-33-27-35(49)10-15-40(33)43/h2-8,10-13,15-16,27-28,39,41,43,49H,1,9,14,17-26,29H2,(H,45,50,51)/t39-,41+,43+/m1/s1. The summed E-state index contributed by atoms with van der Waals surface area (Å²) in [6.07, 6.45) is 2.87. The largest absolute Gasteiger partial charge is 0.508 e. The number of rotatable bonds is 11. The summed E-state index contributed by atoms with van der Waals surface area (Å²) in [5.74, 6) is 2.21. The van der Waals surface area contributed by atoms with Gasteiger partial charge in [-0.2, -0.15) is 0 Å². The fraction of sp³-hybridized carbons (Fsp3) is 0.364. The number of nitrogens with one attached hydrogen (secondary N) is 1. The molecule has 3 atom stereocenters. The molecule has 53 heavy (non-hydrogen) atoms. The second-order valence-corrected chi connectivity index (χ2v) is 14.7. The topological polar surface area (TPSA) is 94.6 Å². The van der Waals surface area contributed by atoms with E-state index in [1.165, 1.54) is 22.3 Å². The van der Waals surface area contributed by atoms with Gasteiger partial charge in [-0.05, 0) is 95.5 Å². The normalized spacial score (nSPS) is 21.9. The van der Waals surface area contributed by atoms with Gasteiger partial charge in [0, 0.05) is 69.4 Å². The molecule has 4 aliphatic rings. The Balaban J connectivity index is 0.778. The maximum absolute atomic E-state index is 12.5. The zero-order valence-corrected chi connectivity index (χ0v) is 30.2. The minimum absolute atomic E-state index is 0.208. The summed E-state index contributed by atoms with van der Waals surface area (Å²) in [6.45, 7) is 11.8. The van der Waals surface area contributed by atoms with Crippen LogP contribution in [-0.4, -0.2) is 90.1 Å². The van der Waals surface area contributed by atoms with Crippen LogP contribution in [0.25, 0.3) is 5.70 Å². The lowest BCUT2D eigenvalue weighted by atomic mass is 9.69. The predicted molar refractivity (Wildman–Crippen MR) is 205 cm³/mol. The lowest BCUT2D eigenvalue weighted by Crippen LogP contribution is -2.50. The van der Waals surface area contributed by atoms with Crippen molar-refractivity contribution in [1.82, 2.24) is 20.0 Å². The molecule has 2 N–H and O–H groups in total. The average molecular weight is 713 g/mol. The summed E-state index contributed by atoms with van der Waals surface area (Å²) in [6, 6.07) is 31.0. The Hall–Kier alpha value is -5.12. The van der Waals surface area contributed by atoms with Gasteiger partial charge in [0.1, 0.15) is 36.5 Å². The third kappa shape index (κ3) is 7.68. The van der Waals surface area contributed by atoms with Gasteiger partial charge in [-0.15, -0.1) is 0 Å². The number of benzene rings is 4. The van der Waals surface area contributed by atoms with Crippen LogP contribution in [0.1, 0.15) is 64.5 Å². The number of carbonyl (C=O) groups is 2. The summed E-state index contributed by atoms with van der Waals surface area (Å²) < 4.78 is 12.4. The molecule has 3 aliphatic heterocycles. The third-order valence-corrected chi connectivity index (χ3v) is 11.5. The number of amides is 2. The molecule has 2 amide bonds. The number of imide groups is 1. The number of carbonyl (C=O) groups excluding carboxylic acids is 2. The van der Waals surface area contributed by atoms with Crippen molar-refractivity contribution >= 4 is 17.5 Å². The maximum Gasteiger partial charge on any atom is 0.249 e. The Bertz CT molecular complexity index is 1960. The number of piperazine rings is 1. The van der Waals surface area contributed by atoms with Gasteiger partial charge in [0.15, 0.2) is 0 Å². The van der Waals surface area contributed by atoms with Crippen LogP contribution in [0.15, 0.2) is 97.6 Å². The molecular formula is C44H48N4O5. The Morgan fingerprint density at radius 2 is 1.43 bits per heavy atom. The number of phenols is 1. The first kappa shape index (κ1) is 34.9. The fourth-order valence-corrected chi connectivity index (χ4v) is 8.65. The van der Waals surface area contributed by atoms with Crippen molar-refractivity contribution < 1.29 is 24.2 Å². The van der Waals surface area contributed by atoms with E-state index in [0.29, 0.717) is 44.3 Å². The van der Waals surface area contributed by atoms with Crippen molar-refractivity contribution in [2.45, 2.75) is 50.1 Å². The summed E-state index contributed by atoms with van der Waals surface area (Å²) >= 11 is 0. The quantitative estimate of drug-likeness (QED) is 0.185. The van der Waals surface area contributed by atoms with Crippen LogP contribution in [0, 0.1) is 0 Å². The molecular weight excluding hydrogens is 665 g/mol. The van der Waals surface area contributed by atoms with Gasteiger partial charge in [0.25, 0.3) is 0 Å². The molecule has 2 fully saturated rings. The number of ether oxygens (including phenoxy) is 2. The van der Waals surface area contributed by atoms with E-state index in [1.807, 2.05) is 29.2 Å². The van der Waals surface area contributed by atoms with E-state index in [0.717, 1.165) is 80.4 Å². The number of hydrogen-bond acceptors (Lipinski definition) is 8. The van der Waals surface area contributed by atoms with Crippen molar-refractivity contribution in [1.29, 1.82) is 0 Å². The SMILES string of the molecule is C=C1c2ccc(OCCN3CCN(CCOc4ccc([C@@H]5c6ccc(O)cc6CC[C@@H]5c5ccccc5)cc4)CC3)cc2CN1[C@H]1CCC(=O)NC1=O. The second kappa shape index (κ2) is 15.5. The number of piperidine rings is 1. The Morgan fingerprint density at radius 1 is 0.736 bits per heavy atom. The molecule has 0 unspecified atom stereocenters. The average Bonchev–Trinajstić information content (AvgIpc) is 3.50. The van der Waals surface area contributed by atoms with Gasteiger partial charge in [-0.25, -0.2) is 0 Å². The number of aryl methyl sites for hydroxylation is 1. The fourth-order valence-electron chi connectivity index (χ4n) is 8.65. The zero-order valence-electron chi connectivity index (χ0n) is 30.2. The number of nitrogens with zero attached hydrogens (tertiary/aromatic N) is 3. The van der Waals surface area contributed by atoms with Crippen LogP contribution < -0.4 is 14.8 Å². The first-order valence-electron chi connectivity index (χ1n) is 19.0. The first-order valence-corrected chi connectivity index (χ1v) is 19.0. The van der Waals surface area contributed by atoms with Gasteiger partial charge >= 0.3 is 0 Å². The molecule has 9 heteroatoms. The summed E-state index contributed by atoms with van der Waals surface area (Å²) in [7, 11) is 0. The highest BCUT2D eigenvalue weighted by molar-refractivity contribution is 6.01. The van der Waals surface area contributed by atoms with Crippen molar-refractivity contribution in [3.63, 3.8) is 0 Å². The van der Waals surface area contributed by atoms with Crippen LogP contribution in [0.3, 0.4) is 0 Å². The highest BCUT2D eigenvalue weighted by Gasteiger charge is 2.36. The molecule has 274 valence electrons. The van der Waals surface area contributed by atoms with E-state index in [1.54, 1.807) is 0 Å².